The van der Waals surface area contributed by atoms with Crippen LogP contribution in [0, 0.1) is 0 Å². The van der Waals surface area contributed by atoms with Gasteiger partial charge in [-0.3, -0.25) is 4.79 Å². The fraction of sp³-hybridized carbons (Fsp3) is 0.370. The molecule has 0 radical (unpaired) electrons. The number of nitrogens with one attached hydrogen (secondary N) is 1. The van der Waals surface area contributed by atoms with Gasteiger partial charge in [-0.1, -0.05) is 61.2 Å². The lowest BCUT2D eigenvalue weighted by Gasteiger charge is -2.21. The van der Waals surface area contributed by atoms with Crippen molar-refractivity contribution in [1.82, 2.24) is 5.32 Å². The quantitative estimate of drug-likeness (QED) is 0.327. The number of hydrogen-bond acceptors (Lipinski definition) is 6. The standard InChI is InChI=1S/C27H31NO6/c1-5-16-32-25(30)23(14-15-24(29)34-27(2,3)4)28-26(31)33-17-22-20-12-8-6-10-18(20)19-11-7-9-13-21(19)22/h5-13,22-23H,1,14-17H2,2-4H3,(H,28,31). The molecule has 1 N–H and O–H groups in total. The molecule has 180 valence electrons. The van der Waals surface area contributed by atoms with Gasteiger partial charge in [0, 0.05) is 12.3 Å². The van der Waals surface area contributed by atoms with Crippen LogP contribution in [0.5, 0.6) is 0 Å². The maximum Gasteiger partial charge on any atom is 0.407 e. The average Bonchev–Trinajstić information content (AvgIpc) is 3.11. The van der Waals surface area contributed by atoms with E-state index in [2.05, 4.69) is 24.0 Å². The van der Waals surface area contributed by atoms with E-state index < -0.39 is 29.7 Å². The van der Waals surface area contributed by atoms with Crippen LogP contribution in [0.3, 0.4) is 0 Å². The SMILES string of the molecule is C=CCOC(=O)C(CCC(=O)OC(C)(C)C)NC(=O)OCC1c2ccccc2-c2ccccc21. The molecule has 7 heteroatoms. The minimum atomic E-state index is -1.05. The van der Waals surface area contributed by atoms with Crippen LogP contribution < -0.4 is 5.32 Å². The first-order valence-corrected chi connectivity index (χ1v) is 11.3. The molecule has 3 rings (SSSR count). The third-order valence-electron chi connectivity index (χ3n) is 5.32. The van der Waals surface area contributed by atoms with Crippen LogP contribution in [0.1, 0.15) is 50.7 Å². The van der Waals surface area contributed by atoms with Crippen LogP contribution in [-0.2, 0) is 23.8 Å². The van der Waals surface area contributed by atoms with Crippen molar-refractivity contribution < 1.29 is 28.6 Å². The summed E-state index contributed by atoms with van der Waals surface area (Å²) >= 11 is 0. The monoisotopic (exact) mass is 465 g/mol. The summed E-state index contributed by atoms with van der Waals surface area (Å²) in [5.41, 5.74) is 3.77. The normalized spacial score (nSPS) is 13.3. The summed E-state index contributed by atoms with van der Waals surface area (Å²) in [6, 6.07) is 15.0. The Labute approximate surface area is 200 Å². The molecule has 1 atom stereocenters. The molecule has 0 aliphatic heterocycles. The number of rotatable bonds is 9. The van der Waals surface area contributed by atoms with E-state index in [4.69, 9.17) is 14.2 Å². The third-order valence-corrected chi connectivity index (χ3v) is 5.32. The van der Waals surface area contributed by atoms with Gasteiger partial charge in [-0.15, -0.1) is 0 Å². The van der Waals surface area contributed by atoms with Crippen molar-refractivity contribution in [2.24, 2.45) is 0 Å². The molecule has 7 nitrogen and oxygen atoms in total. The van der Waals surface area contributed by atoms with Gasteiger partial charge in [-0.05, 0) is 49.4 Å². The van der Waals surface area contributed by atoms with Gasteiger partial charge in [0.15, 0.2) is 0 Å². The van der Waals surface area contributed by atoms with Crippen molar-refractivity contribution in [1.29, 1.82) is 0 Å². The summed E-state index contributed by atoms with van der Waals surface area (Å²) in [6.07, 6.45) is 0.631. The van der Waals surface area contributed by atoms with Crippen LogP contribution in [0.2, 0.25) is 0 Å². The molecule has 34 heavy (non-hydrogen) atoms. The Hall–Kier alpha value is -3.61. The van der Waals surface area contributed by atoms with Gasteiger partial charge >= 0.3 is 18.0 Å². The van der Waals surface area contributed by atoms with Gasteiger partial charge < -0.3 is 19.5 Å². The van der Waals surface area contributed by atoms with Crippen LogP contribution in [0.15, 0.2) is 61.2 Å². The molecule has 0 fully saturated rings. The number of esters is 2. The maximum absolute atomic E-state index is 12.6. The predicted octanol–water partition coefficient (Wildman–Crippen LogP) is 4.74. The molecule has 0 heterocycles. The summed E-state index contributed by atoms with van der Waals surface area (Å²) in [6.45, 7) is 8.90. The highest BCUT2D eigenvalue weighted by Gasteiger charge is 2.30. The number of carbonyl (C=O) groups is 3. The number of ether oxygens (including phenoxy) is 3. The fourth-order valence-corrected chi connectivity index (χ4v) is 3.93. The highest BCUT2D eigenvalue weighted by Crippen LogP contribution is 2.44. The highest BCUT2D eigenvalue weighted by molar-refractivity contribution is 5.83. The van der Waals surface area contributed by atoms with E-state index >= 15 is 0 Å². The molecule has 2 aromatic carbocycles. The van der Waals surface area contributed by atoms with Crippen LogP contribution in [0.25, 0.3) is 11.1 Å². The molecule has 0 saturated carbocycles. The maximum atomic E-state index is 12.6. The average molecular weight is 466 g/mol. The number of alkyl carbamates (subject to hydrolysis) is 1. The van der Waals surface area contributed by atoms with Crippen LogP contribution in [0.4, 0.5) is 4.79 Å². The van der Waals surface area contributed by atoms with E-state index in [0.29, 0.717) is 0 Å². The molecule has 0 spiro atoms. The second-order valence-corrected chi connectivity index (χ2v) is 9.07. The molecule has 1 amide bonds. The molecule has 1 unspecified atom stereocenters. The predicted molar refractivity (Wildman–Crippen MR) is 128 cm³/mol. The summed E-state index contributed by atoms with van der Waals surface area (Å²) in [5.74, 6) is -1.24. The van der Waals surface area contributed by atoms with E-state index in [0.717, 1.165) is 22.3 Å². The Balaban J connectivity index is 1.63. The number of benzene rings is 2. The minimum absolute atomic E-state index is 0.00581. The lowest BCUT2D eigenvalue weighted by atomic mass is 9.98. The third kappa shape index (κ3) is 6.47. The van der Waals surface area contributed by atoms with E-state index in [9.17, 15) is 14.4 Å². The largest absolute Gasteiger partial charge is 0.460 e. The molecule has 0 bridgehead atoms. The van der Waals surface area contributed by atoms with Gasteiger partial charge in [0.2, 0.25) is 0 Å². The van der Waals surface area contributed by atoms with E-state index in [1.807, 2.05) is 36.4 Å². The van der Waals surface area contributed by atoms with Crippen LogP contribution >= 0.6 is 0 Å². The lowest BCUT2D eigenvalue weighted by Crippen LogP contribution is -2.43. The topological polar surface area (TPSA) is 90.9 Å². The first-order chi connectivity index (χ1) is 16.2. The van der Waals surface area contributed by atoms with Crippen molar-refractivity contribution in [3.05, 3.63) is 72.3 Å². The number of carbonyl (C=O) groups excluding carboxylic acids is 3. The first kappa shape index (κ1) is 25.0. The van der Waals surface area contributed by atoms with E-state index in [1.165, 1.54) is 6.08 Å². The van der Waals surface area contributed by atoms with Crippen molar-refractivity contribution in [3.63, 3.8) is 0 Å². The summed E-state index contributed by atoms with van der Waals surface area (Å²) in [5, 5.41) is 2.54. The summed E-state index contributed by atoms with van der Waals surface area (Å²) in [7, 11) is 0. The number of hydrogen-bond donors (Lipinski definition) is 1. The Morgan fingerprint density at radius 2 is 1.59 bits per heavy atom. The minimum Gasteiger partial charge on any atom is -0.460 e. The zero-order chi connectivity index (χ0) is 24.7. The molecular formula is C27H31NO6. The number of amides is 1. The van der Waals surface area contributed by atoms with Gasteiger partial charge in [0.25, 0.3) is 0 Å². The fourth-order valence-electron chi connectivity index (χ4n) is 3.93. The molecule has 2 aromatic rings. The molecule has 0 aromatic heterocycles. The Morgan fingerprint density at radius 3 is 2.15 bits per heavy atom. The molecule has 1 aliphatic carbocycles. The summed E-state index contributed by atoms with van der Waals surface area (Å²) < 4.78 is 15.9. The zero-order valence-corrected chi connectivity index (χ0v) is 19.8. The van der Waals surface area contributed by atoms with Gasteiger partial charge in [0.05, 0.1) is 0 Å². The second kappa shape index (κ2) is 11.0. The van der Waals surface area contributed by atoms with Gasteiger partial charge in [0.1, 0.15) is 24.9 Å². The van der Waals surface area contributed by atoms with E-state index in [1.54, 1.807) is 20.8 Å². The van der Waals surface area contributed by atoms with Crippen molar-refractivity contribution >= 4 is 18.0 Å². The first-order valence-electron chi connectivity index (χ1n) is 11.3. The molecule has 1 aliphatic rings. The number of fused-ring (bicyclic) bond motifs is 3. The van der Waals surface area contributed by atoms with Crippen molar-refractivity contribution in [2.75, 3.05) is 13.2 Å². The highest BCUT2D eigenvalue weighted by atomic mass is 16.6. The van der Waals surface area contributed by atoms with Gasteiger partial charge in [-0.2, -0.15) is 0 Å². The Morgan fingerprint density at radius 1 is 1.00 bits per heavy atom. The molecular weight excluding hydrogens is 434 g/mol. The van der Waals surface area contributed by atoms with Gasteiger partial charge in [-0.25, -0.2) is 9.59 Å². The lowest BCUT2D eigenvalue weighted by molar-refractivity contribution is -0.155. The van der Waals surface area contributed by atoms with Crippen molar-refractivity contribution in [2.45, 2.75) is 51.2 Å². The Bertz CT molecular complexity index is 1010. The second-order valence-electron chi connectivity index (χ2n) is 9.07. The van der Waals surface area contributed by atoms with Crippen molar-refractivity contribution in [3.8, 4) is 11.1 Å². The van der Waals surface area contributed by atoms with Crippen LogP contribution in [-0.4, -0.2) is 42.9 Å². The van der Waals surface area contributed by atoms with E-state index in [-0.39, 0.29) is 32.0 Å². The zero-order valence-electron chi connectivity index (χ0n) is 19.8. The smallest absolute Gasteiger partial charge is 0.407 e. The summed E-state index contributed by atoms with van der Waals surface area (Å²) in [4.78, 5) is 37.1. The Kier molecular flexibility index (Phi) is 8.10. The molecule has 0 saturated heterocycles.